The minimum atomic E-state index is -4.10. The van der Waals surface area contributed by atoms with Crippen molar-refractivity contribution in [1.29, 1.82) is 0 Å². The lowest BCUT2D eigenvalue weighted by molar-refractivity contribution is -0.121. The fourth-order valence-electron chi connectivity index (χ4n) is 2.84. The summed E-state index contributed by atoms with van der Waals surface area (Å²) in [6.07, 6.45) is 9.11. The highest BCUT2D eigenvalue weighted by Crippen LogP contribution is 2.50. The highest BCUT2D eigenvalue weighted by atomic mass is 31.2. The van der Waals surface area contributed by atoms with Gasteiger partial charge in [0.15, 0.2) is 11.9 Å². The molecule has 1 unspecified atom stereocenters. The number of carbonyl (C=O) groups excluding carboxylic acids is 2. The standard InChI is InChI=1S/C22H34NO10P/c1-17(23-10-9-18(2)24)11-20(27-3)15-31-34(26,30-12-19-7-5-4-6-8-19)32-16-29-22(25)33-21-13-28-14-21/h4-5,7,9-10,17,20-21,23H,6,8,11-16H2,1-3H3/b10-9-/t17-,20-,34?/m0/s1. The third kappa shape index (κ3) is 11.4. The van der Waals surface area contributed by atoms with Crippen molar-refractivity contribution in [1.82, 2.24) is 5.32 Å². The molecule has 0 saturated carbocycles. The van der Waals surface area contributed by atoms with Gasteiger partial charge in [-0.15, -0.1) is 0 Å². The summed E-state index contributed by atoms with van der Waals surface area (Å²) in [7, 11) is -2.59. The maximum atomic E-state index is 13.2. The molecule has 1 aliphatic heterocycles. The van der Waals surface area contributed by atoms with E-state index in [2.05, 4.69) is 5.32 Å². The van der Waals surface area contributed by atoms with E-state index in [4.69, 9.17) is 32.5 Å². The molecule has 1 saturated heterocycles. The molecule has 0 spiro atoms. The van der Waals surface area contributed by atoms with Gasteiger partial charge in [0, 0.05) is 19.4 Å². The van der Waals surface area contributed by atoms with Crippen molar-refractivity contribution < 1.29 is 46.7 Å². The Morgan fingerprint density at radius 3 is 2.71 bits per heavy atom. The molecule has 2 rings (SSSR count). The van der Waals surface area contributed by atoms with E-state index < -0.39 is 26.9 Å². The first-order valence-electron chi connectivity index (χ1n) is 11.0. The molecule has 1 heterocycles. The molecule has 3 atom stereocenters. The van der Waals surface area contributed by atoms with Gasteiger partial charge in [0.25, 0.3) is 0 Å². The van der Waals surface area contributed by atoms with E-state index in [1.807, 2.05) is 25.2 Å². The van der Waals surface area contributed by atoms with E-state index >= 15 is 0 Å². The number of nitrogens with one attached hydrogen (secondary N) is 1. The maximum Gasteiger partial charge on any atom is 0.510 e. The van der Waals surface area contributed by atoms with Gasteiger partial charge in [-0.3, -0.25) is 13.8 Å². The molecule has 12 heteroatoms. The second-order valence-electron chi connectivity index (χ2n) is 7.83. The first-order valence-corrected chi connectivity index (χ1v) is 12.5. The van der Waals surface area contributed by atoms with Crippen molar-refractivity contribution in [2.45, 2.75) is 51.4 Å². The molecule has 192 valence electrons. The molecule has 2 aliphatic rings. The van der Waals surface area contributed by atoms with Gasteiger partial charge in [0.1, 0.15) is 0 Å². The van der Waals surface area contributed by atoms with Crippen LogP contribution < -0.4 is 5.32 Å². The van der Waals surface area contributed by atoms with Crippen molar-refractivity contribution >= 4 is 19.8 Å². The lowest BCUT2D eigenvalue weighted by atomic mass is 10.1. The fraction of sp³-hybridized carbons (Fsp3) is 0.636. The SMILES string of the molecule is CO[C@H](COP(=O)(OCOC(=O)OC1COC1)OCC1=CC=CCC1)C[C@H](C)N/C=C\C(C)=O. The number of hydrogen-bond acceptors (Lipinski definition) is 11. The van der Waals surface area contributed by atoms with Crippen LogP contribution in [0.2, 0.25) is 0 Å². The van der Waals surface area contributed by atoms with Crippen molar-refractivity contribution in [3.05, 3.63) is 36.1 Å². The molecule has 34 heavy (non-hydrogen) atoms. The van der Waals surface area contributed by atoms with Gasteiger partial charge in [-0.1, -0.05) is 18.2 Å². The maximum absolute atomic E-state index is 13.2. The minimum Gasteiger partial charge on any atom is -0.426 e. The Kier molecular flexibility index (Phi) is 12.5. The Labute approximate surface area is 200 Å². The summed E-state index contributed by atoms with van der Waals surface area (Å²) in [6.45, 7) is 3.24. The van der Waals surface area contributed by atoms with Gasteiger partial charge in [-0.25, -0.2) is 13.9 Å². The lowest BCUT2D eigenvalue weighted by Gasteiger charge is -2.25. The van der Waals surface area contributed by atoms with E-state index in [1.54, 1.807) is 6.20 Å². The van der Waals surface area contributed by atoms with E-state index in [-0.39, 0.29) is 31.1 Å². The van der Waals surface area contributed by atoms with Crippen molar-refractivity contribution in [2.75, 3.05) is 40.3 Å². The highest BCUT2D eigenvalue weighted by molar-refractivity contribution is 7.48. The van der Waals surface area contributed by atoms with Crippen LogP contribution in [0, 0.1) is 0 Å². The first kappa shape index (κ1) is 28.2. The zero-order chi connectivity index (χ0) is 24.8. The van der Waals surface area contributed by atoms with E-state index in [9.17, 15) is 14.2 Å². The Balaban J connectivity index is 1.87. The second kappa shape index (κ2) is 15.1. The molecule has 1 N–H and O–H groups in total. The molecule has 0 aromatic rings. The third-order valence-electron chi connectivity index (χ3n) is 4.83. The number of ketones is 1. The molecular formula is C22H34NO10P. The second-order valence-corrected chi connectivity index (χ2v) is 9.50. The van der Waals surface area contributed by atoms with Crippen LogP contribution in [0.4, 0.5) is 4.79 Å². The summed E-state index contributed by atoms with van der Waals surface area (Å²) < 4.78 is 49.5. The normalized spacial score (nSPS) is 19.6. The van der Waals surface area contributed by atoms with Crippen LogP contribution in [0.3, 0.4) is 0 Å². The average molecular weight is 503 g/mol. The lowest BCUT2D eigenvalue weighted by Crippen LogP contribution is -2.38. The van der Waals surface area contributed by atoms with Crippen molar-refractivity contribution in [3.8, 4) is 0 Å². The first-order chi connectivity index (χ1) is 16.3. The largest absolute Gasteiger partial charge is 0.510 e. The van der Waals surface area contributed by atoms with Gasteiger partial charge in [-0.05, 0) is 44.8 Å². The number of phosphoric ester groups is 1. The topological polar surface area (TPSA) is 128 Å². The Bertz CT molecular complexity index is 793. The summed E-state index contributed by atoms with van der Waals surface area (Å²) in [6, 6.07) is -0.0573. The van der Waals surface area contributed by atoms with Crippen LogP contribution >= 0.6 is 7.82 Å². The molecule has 0 aromatic carbocycles. The van der Waals surface area contributed by atoms with Crippen LogP contribution in [-0.4, -0.2) is 70.5 Å². The Hall–Kier alpha value is -2.01. The smallest absolute Gasteiger partial charge is 0.426 e. The molecule has 0 aromatic heterocycles. The highest BCUT2D eigenvalue weighted by Gasteiger charge is 2.31. The predicted molar refractivity (Wildman–Crippen MR) is 122 cm³/mol. The summed E-state index contributed by atoms with van der Waals surface area (Å²) >= 11 is 0. The molecule has 1 aliphatic carbocycles. The number of methoxy groups -OCH3 is 1. The average Bonchev–Trinajstić information content (AvgIpc) is 2.78. The van der Waals surface area contributed by atoms with E-state index in [1.165, 1.54) is 20.1 Å². The minimum absolute atomic E-state index is 0.0386. The van der Waals surface area contributed by atoms with Crippen LogP contribution in [0.25, 0.3) is 0 Å². The monoisotopic (exact) mass is 503 g/mol. The van der Waals surface area contributed by atoms with Crippen LogP contribution in [0.15, 0.2) is 36.1 Å². The van der Waals surface area contributed by atoms with Gasteiger partial charge in [0.2, 0.25) is 6.79 Å². The zero-order valence-corrected chi connectivity index (χ0v) is 20.7. The number of phosphoric acid groups is 1. The van der Waals surface area contributed by atoms with E-state index in [0.717, 1.165) is 18.4 Å². The summed E-state index contributed by atoms with van der Waals surface area (Å²) in [5, 5.41) is 3.05. The van der Waals surface area contributed by atoms with Crippen molar-refractivity contribution in [3.63, 3.8) is 0 Å². The molecule has 0 amide bonds. The molecular weight excluding hydrogens is 469 g/mol. The van der Waals surface area contributed by atoms with Gasteiger partial charge < -0.3 is 24.3 Å². The molecule has 11 nitrogen and oxygen atoms in total. The van der Waals surface area contributed by atoms with Crippen LogP contribution in [0.5, 0.6) is 0 Å². The fourth-order valence-corrected chi connectivity index (χ4v) is 3.91. The van der Waals surface area contributed by atoms with E-state index in [0.29, 0.717) is 19.6 Å². The van der Waals surface area contributed by atoms with Gasteiger partial charge >= 0.3 is 14.0 Å². The number of ether oxygens (including phenoxy) is 4. The van der Waals surface area contributed by atoms with Gasteiger partial charge in [0.05, 0.1) is 32.5 Å². The number of allylic oxidation sites excluding steroid dienone is 4. The summed E-state index contributed by atoms with van der Waals surface area (Å²) in [4.78, 5) is 22.7. The molecule has 0 bridgehead atoms. The Morgan fingerprint density at radius 2 is 2.09 bits per heavy atom. The quantitative estimate of drug-likeness (QED) is 0.144. The summed E-state index contributed by atoms with van der Waals surface area (Å²) in [5.74, 6) is -0.0720. The Morgan fingerprint density at radius 1 is 1.29 bits per heavy atom. The number of rotatable bonds is 16. The van der Waals surface area contributed by atoms with Gasteiger partial charge in [-0.2, -0.15) is 0 Å². The number of carbonyl (C=O) groups is 2. The molecule has 1 fully saturated rings. The molecule has 0 radical (unpaired) electrons. The third-order valence-corrected chi connectivity index (χ3v) is 6.17. The summed E-state index contributed by atoms with van der Waals surface area (Å²) in [5.41, 5.74) is 0.929. The van der Waals surface area contributed by atoms with Crippen molar-refractivity contribution in [2.24, 2.45) is 0 Å². The zero-order valence-electron chi connectivity index (χ0n) is 19.8. The van der Waals surface area contributed by atoms with Crippen LogP contribution in [-0.2, 0) is 41.9 Å². The predicted octanol–water partition coefficient (Wildman–Crippen LogP) is 3.42. The number of hydrogen-bond donors (Lipinski definition) is 1. The van der Waals surface area contributed by atoms with Crippen LogP contribution in [0.1, 0.15) is 33.1 Å².